The molecule has 1 fully saturated rings. The molecular formula is C33H33F4N5O4. The minimum Gasteiger partial charge on any atom is -0.478 e. The number of alkyl halides is 3. The van der Waals surface area contributed by atoms with Crippen LogP contribution in [-0.2, 0) is 25.8 Å². The Morgan fingerprint density at radius 3 is 2.24 bits per heavy atom. The Morgan fingerprint density at radius 2 is 1.59 bits per heavy atom. The van der Waals surface area contributed by atoms with E-state index in [1.807, 2.05) is 6.07 Å². The molecule has 1 saturated heterocycles. The molecule has 242 valence electrons. The van der Waals surface area contributed by atoms with Crippen LogP contribution in [0.1, 0.15) is 44.3 Å². The molecule has 1 atom stereocenters. The van der Waals surface area contributed by atoms with Gasteiger partial charge in [0.2, 0.25) is 0 Å². The number of carbonyl (C=O) groups is 1. The van der Waals surface area contributed by atoms with Crippen LogP contribution in [0, 0.1) is 12.7 Å². The molecular weight excluding hydrogens is 606 g/mol. The fraction of sp³-hybridized carbons (Fsp3) is 0.303. The number of nitrogens with zero attached hydrogens (tertiary/aromatic N) is 4. The Balaban J connectivity index is 1.52. The van der Waals surface area contributed by atoms with Crippen molar-refractivity contribution in [2.24, 2.45) is 5.73 Å². The third kappa shape index (κ3) is 6.90. The highest BCUT2D eigenvalue weighted by Crippen LogP contribution is 2.33. The highest BCUT2D eigenvalue weighted by Gasteiger charge is 2.35. The third-order valence-corrected chi connectivity index (χ3v) is 8.27. The molecule has 0 spiro atoms. The molecule has 0 saturated carbocycles. The molecule has 1 aromatic heterocycles. The molecule has 5 rings (SSSR count). The van der Waals surface area contributed by atoms with Gasteiger partial charge < -0.3 is 15.7 Å². The van der Waals surface area contributed by atoms with Crippen molar-refractivity contribution in [2.75, 3.05) is 31.1 Å². The first-order valence-corrected chi connectivity index (χ1v) is 14.6. The largest absolute Gasteiger partial charge is 0.478 e. The lowest BCUT2D eigenvalue weighted by Gasteiger charge is -2.37. The molecule has 9 nitrogen and oxygen atoms in total. The minimum absolute atomic E-state index is 0.110. The van der Waals surface area contributed by atoms with Gasteiger partial charge in [-0.05, 0) is 42.3 Å². The van der Waals surface area contributed by atoms with Crippen molar-refractivity contribution in [3.63, 3.8) is 0 Å². The van der Waals surface area contributed by atoms with Crippen molar-refractivity contribution in [1.29, 1.82) is 0 Å². The maximum atomic E-state index is 14.9. The van der Waals surface area contributed by atoms with Crippen molar-refractivity contribution >= 4 is 11.7 Å². The number of carboxylic acids is 1. The number of nitrogens with two attached hydrogens (primary N) is 1. The van der Waals surface area contributed by atoms with Crippen molar-refractivity contribution in [1.82, 2.24) is 14.0 Å². The molecule has 46 heavy (non-hydrogen) atoms. The standard InChI is InChI=1S/C33H33F4N5O4/c1-21-29(40-15-13-39(14-16-40)18-22-7-5-10-24(17-22)31(44)45)30(43)42(20-28(38)23-8-3-2-4-9-23)32(46)41(21)19-25-26(33(35,36)37)11-6-12-27(25)34/h2-12,17,28H,13-16,18-20,38H2,1H3,(H,44,45). The molecule has 0 amide bonds. The monoisotopic (exact) mass is 639 g/mol. The first kappa shape index (κ1) is 32.6. The summed E-state index contributed by atoms with van der Waals surface area (Å²) in [5.41, 5.74) is 4.79. The zero-order valence-corrected chi connectivity index (χ0v) is 25.0. The molecule has 1 aliphatic heterocycles. The Morgan fingerprint density at radius 1 is 0.913 bits per heavy atom. The first-order valence-electron chi connectivity index (χ1n) is 14.6. The maximum Gasteiger partial charge on any atom is 0.416 e. The second-order valence-corrected chi connectivity index (χ2v) is 11.3. The lowest BCUT2D eigenvalue weighted by molar-refractivity contribution is -0.138. The van der Waals surface area contributed by atoms with E-state index in [0.717, 1.165) is 32.9 Å². The van der Waals surface area contributed by atoms with E-state index in [0.29, 0.717) is 38.3 Å². The maximum absolute atomic E-state index is 14.9. The Kier molecular flexibility index (Phi) is 9.44. The number of aromatic nitrogens is 2. The van der Waals surface area contributed by atoms with Gasteiger partial charge in [-0.15, -0.1) is 0 Å². The normalized spacial score (nSPS) is 14.8. The topological polar surface area (TPSA) is 114 Å². The van der Waals surface area contributed by atoms with Gasteiger partial charge in [-0.3, -0.25) is 18.8 Å². The molecule has 3 aromatic carbocycles. The van der Waals surface area contributed by atoms with E-state index in [1.54, 1.807) is 47.4 Å². The van der Waals surface area contributed by atoms with Gasteiger partial charge in [0.1, 0.15) is 11.5 Å². The van der Waals surface area contributed by atoms with Crippen LogP contribution >= 0.6 is 0 Å². The van der Waals surface area contributed by atoms with E-state index in [2.05, 4.69) is 4.90 Å². The molecule has 13 heteroatoms. The van der Waals surface area contributed by atoms with Gasteiger partial charge in [-0.2, -0.15) is 13.2 Å². The summed E-state index contributed by atoms with van der Waals surface area (Å²) in [6.07, 6.45) is -4.87. The van der Waals surface area contributed by atoms with E-state index in [-0.39, 0.29) is 23.5 Å². The van der Waals surface area contributed by atoms with Crippen LogP contribution in [0.5, 0.6) is 0 Å². The third-order valence-electron chi connectivity index (χ3n) is 8.27. The van der Waals surface area contributed by atoms with Gasteiger partial charge in [0.05, 0.1) is 24.2 Å². The summed E-state index contributed by atoms with van der Waals surface area (Å²) in [7, 11) is 0. The van der Waals surface area contributed by atoms with E-state index < -0.39 is 52.9 Å². The summed E-state index contributed by atoms with van der Waals surface area (Å²) in [6.45, 7) is 2.57. The molecule has 3 N–H and O–H groups in total. The van der Waals surface area contributed by atoms with E-state index in [9.17, 15) is 37.1 Å². The molecule has 1 aliphatic rings. The quantitative estimate of drug-likeness (QED) is 0.264. The fourth-order valence-corrected chi connectivity index (χ4v) is 5.83. The molecule has 0 aliphatic carbocycles. The number of benzene rings is 3. The van der Waals surface area contributed by atoms with Crippen molar-refractivity contribution in [3.05, 3.63) is 133 Å². The smallest absolute Gasteiger partial charge is 0.416 e. The number of piperazine rings is 1. The lowest BCUT2D eigenvalue weighted by Crippen LogP contribution is -2.51. The molecule has 4 aromatic rings. The number of anilines is 1. The Bertz CT molecular complexity index is 1850. The van der Waals surface area contributed by atoms with Crippen LogP contribution in [0.4, 0.5) is 23.2 Å². The first-order chi connectivity index (χ1) is 21.8. The summed E-state index contributed by atoms with van der Waals surface area (Å²) in [5.74, 6) is -2.15. The lowest BCUT2D eigenvalue weighted by atomic mass is 10.1. The molecule has 2 heterocycles. The number of hydrogen-bond donors (Lipinski definition) is 2. The fourth-order valence-electron chi connectivity index (χ4n) is 5.83. The van der Waals surface area contributed by atoms with Crippen molar-refractivity contribution < 1.29 is 27.5 Å². The SMILES string of the molecule is Cc1c(N2CCN(Cc3cccc(C(=O)O)c3)CC2)c(=O)n(CC(N)c2ccccc2)c(=O)n1Cc1c(F)cccc1C(F)(F)F. The average molecular weight is 640 g/mol. The van der Waals surface area contributed by atoms with Crippen molar-refractivity contribution in [2.45, 2.75) is 38.8 Å². The van der Waals surface area contributed by atoms with Crippen LogP contribution in [0.3, 0.4) is 0 Å². The van der Waals surface area contributed by atoms with Crippen LogP contribution in [0.25, 0.3) is 0 Å². The Labute approximate surface area is 261 Å². The number of halogens is 4. The van der Waals surface area contributed by atoms with Crippen LogP contribution in [0.15, 0.2) is 82.4 Å². The van der Waals surface area contributed by atoms with E-state index in [4.69, 9.17) is 5.73 Å². The minimum atomic E-state index is -4.87. The van der Waals surface area contributed by atoms with Crippen LogP contribution in [-0.4, -0.2) is 51.3 Å². The zero-order chi connectivity index (χ0) is 33.2. The number of carboxylic acid groups (broad SMARTS) is 1. The predicted molar refractivity (Wildman–Crippen MR) is 164 cm³/mol. The highest BCUT2D eigenvalue weighted by atomic mass is 19.4. The van der Waals surface area contributed by atoms with Gasteiger partial charge in [0.15, 0.2) is 0 Å². The van der Waals surface area contributed by atoms with E-state index >= 15 is 0 Å². The molecule has 0 radical (unpaired) electrons. The number of rotatable bonds is 9. The number of aromatic carboxylic acids is 1. The summed E-state index contributed by atoms with van der Waals surface area (Å²) in [5, 5.41) is 9.31. The van der Waals surface area contributed by atoms with Gasteiger partial charge in [0, 0.05) is 50.0 Å². The summed E-state index contributed by atoms with van der Waals surface area (Å²) >= 11 is 0. The van der Waals surface area contributed by atoms with Gasteiger partial charge >= 0.3 is 17.8 Å². The second-order valence-electron chi connectivity index (χ2n) is 11.3. The summed E-state index contributed by atoms with van der Waals surface area (Å²) in [4.78, 5) is 43.0. The summed E-state index contributed by atoms with van der Waals surface area (Å²) in [6, 6.07) is 17.2. The molecule has 1 unspecified atom stereocenters. The number of hydrogen-bond acceptors (Lipinski definition) is 6. The van der Waals surface area contributed by atoms with Gasteiger partial charge in [-0.1, -0.05) is 48.5 Å². The zero-order valence-electron chi connectivity index (χ0n) is 25.0. The van der Waals surface area contributed by atoms with Gasteiger partial charge in [0.25, 0.3) is 5.56 Å². The Hall–Kier alpha value is -4.75. The molecule has 0 bridgehead atoms. The van der Waals surface area contributed by atoms with E-state index in [1.165, 1.54) is 13.0 Å². The second kappa shape index (κ2) is 13.3. The summed E-state index contributed by atoms with van der Waals surface area (Å²) < 4.78 is 58.5. The van der Waals surface area contributed by atoms with Gasteiger partial charge in [-0.25, -0.2) is 14.0 Å². The van der Waals surface area contributed by atoms with Crippen LogP contribution < -0.4 is 21.9 Å². The predicted octanol–water partition coefficient (Wildman–Crippen LogP) is 4.25. The van der Waals surface area contributed by atoms with Crippen LogP contribution in [0.2, 0.25) is 0 Å². The van der Waals surface area contributed by atoms with Crippen molar-refractivity contribution in [3.8, 4) is 0 Å². The average Bonchev–Trinajstić information content (AvgIpc) is 3.02. The highest BCUT2D eigenvalue weighted by molar-refractivity contribution is 5.87.